The Hall–Kier alpha value is -1.35. The number of rotatable bonds is 3. The van der Waals surface area contributed by atoms with Gasteiger partial charge in [0.2, 0.25) is 5.91 Å². The van der Waals surface area contributed by atoms with Crippen LogP contribution in [0.4, 0.5) is 5.69 Å². The highest BCUT2D eigenvalue weighted by atomic mass is 16.3. The maximum Gasteiger partial charge on any atom is 0.223 e. The molecule has 0 radical (unpaired) electrons. The molecule has 0 saturated heterocycles. The molecular weight excluding hydrogens is 202 g/mol. The van der Waals surface area contributed by atoms with E-state index in [0.717, 1.165) is 16.8 Å². The van der Waals surface area contributed by atoms with E-state index in [4.69, 9.17) is 0 Å². The van der Waals surface area contributed by atoms with E-state index >= 15 is 0 Å². The van der Waals surface area contributed by atoms with Crippen LogP contribution in [0.1, 0.15) is 25.0 Å². The lowest BCUT2D eigenvalue weighted by Crippen LogP contribution is -2.35. The van der Waals surface area contributed by atoms with Crippen molar-refractivity contribution in [3.8, 4) is 0 Å². The second-order valence-electron chi connectivity index (χ2n) is 4.22. The number of aryl methyl sites for hydroxylation is 2. The van der Waals surface area contributed by atoms with Crippen molar-refractivity contribution in [3.63, 3.8) is 0 Å². The average molecular weight is 221 g/mol. The van der Waals surface area contributed by atoms with E-state index in [1.54, 1.807) is 11.8 Å². The third kappa shape index (κ3) is 2.83. The molecule has 1 amide bonds. The Bertz CT molecular complexity index is 365. The first-order valence-corrected chi connectivity index (χ1v) is 5.46. The summed E-state index contributed by atoms with van der Waals surface area (Å²) >= 11 is 0. The number of carbonyl (C=O) groups is 1. The summed E-state index contributed by atoms with van der Waals surface area (Å²) in [6, 6.07) is 5.91. The topological polar surface area (TPSA) is 40.5 Å². The first-order chi connectivity index (χ1) is 7.43. The van der Waals surface area contributed by atoms with E-state index in [9.17, 15) is 9.90 Å². The van der Waals surface area contributed by atoms with Gasteiger partial charge in [-0.3, -0.25) is 4.79 Å². The summed E-state index contributed by atoms with van der Waals surface area (Å²) in [6.07, 6.45) is -0.525. The first kappa shape index (κ1) is 12.7. The van der Waals surface area contributed by atoms with Crippen molar-refractivity contribution in [2.45, 2.75) is 33.8 Å². The van der Waals surface area contributed by atoms with Crippen LogP contribution < -0.4 is 4.90 Å². The Morgan fingerprint density at radius 1 is 1.38 bits per heavy atom. The fourth-order valence-electron chi connectivity index (χ4n) is 1.87. The molecule has 1 atom stereocenters. The molecule has 0 bridgehead atoms. The largest absolute Gasteiger partial charge is 0.392 e. The monoisotopic (exact) mass is 221 g/mol. The standard InChI is InChI=1S/C13H19NO2/c1-9-6-5-7-10(2)13(9)14(12(4)16)8-11(3)15/h5-7,11,15H,8H2,1-4H3. The van der Waals surface area contributed by atoms with Gasteiger partial charge in [0.1, 0.15) is 0 Å². The molecule has 0 aromatic heterocycles. The lowest BCUT2D eigenvalue weighted by molar-refractivity contribution is -0.116. The molecule has 1 aromatic carbocycles. The van der Waals surface area contributed by atoms with Crippen LogP contribution in [-0.4, -0.2) is 23.7 Å². The van der Waals surface area contributed by atoms with Gasteiger partial charge in [0.15, 0.2) is 0 Å². The molecule has 0 saturated carbocycles. The fourth-order valence-corrected chi connectivity index (χ4v) is 1.87. The molecular formula is C13H19NO2. The molecule has 88 valence electrons. The Balaban J connectivity index is 3.15. The number of aliphatic hydroxyl groups is 1. The highest BCUT2D eigenvalue weighted by Crippen LogP contribution is 2.24. The van der Waals surface area contributed by atoms with Crippen LogP contribution in [0.25, 0.3) is 0 Å². The van der Waals surface area contributed by atoms with E-state index in [0.29, 0.717) is 6.54 Å². The lowest BCUT2D eigenvalue weighted by atomic mass is 10.1. The molecule has 3 nitrogen and oxygen atoms in total. The molecule has 0 aliphatic rings. The van der Waals surface area contributed by atoms with Crippen molar-refractivity contribution in [1.82, 2.24) is 0 Å². The van der Waals surface area contributed by atoms with Gasteiger partial charge in [0.25, 0.3) is 0 Å². The van der Waals surface area contributed by atoms with Crippen molar-refractivity contribution in [3.05, 3.63) is 29.3 Å². The first-order valence-electron chi connectivity index (χ1n) is 5.46. The van der Waals surface area contributed by atoms with Gasteiger partial charge in [-0.2, -0.15) is 0 Å². The molecule has 1 aromatic rings. The quantitative estimate of drug-likeness (QED) is 0.848. The second kappa shape index (κ2) is 5.12. The van der Waals surface area contributed by atoms with Gasteiger partial charge in [-0.05, 0) is 31.9 Å². The van der Waals surface area contributed by atoms with Gasteiger partial charge in [0.05, 0.1) is 12.6 Å². The summed E-state index contributed by atoms with van der Waals surface area (Å²) in [6.45, 7) is 7.49. The van der Waals surface area contributed by atoms with Crippen LogP contribution >= 0.6 is 0 Å². The minimum absolute atomic E-state index is 0.0432. The van der Waals surface area contributed by atoms with Crippen LogP contribution in [0.2, 0.25) is 0 Å². The Morgan fingerprint density at radius 3 is 2.25 bits per heavy atom. The van der Waals surface area contributed by atoms with Gasteiger partial charge in [-0.1, -0.05) is 18.2 Å². The average Bonchev–Trinajstić information content (AvgIpc) is 2.15. The molecule has 0 aliphatic carbocycles. The summed E-state index contributed by atoms with van der Waals surface area (Å²) in [7, 11) is 0. The van der Waals surface area contributed by atoms with Crippen LogP contribution in [0, 0.1) is 13.8 Å². The van der Waals surface area contributed by atoms with Crippen molar-refractivity contribution in [2.75, 3.05) is 11.4 Å². The maximum atomic E-state index is 11.6. The van der Waals surface area contributed by atoms with Crippen molar-refractivity contribution >= 4 is 11.6 Å². The van der Waals surface area contributed by atoms with E-state index < -0.39 is 6.10 Å². The summed E-state index contributed by atoms with van der Waals surface area (Å²) in [4.78, 5) is 13.2. The van der Waals surface area contributed by atoms with Crippen molar-refractivity contribution in [2.24, 2.45) is 0 Å². The summed E-state index contributed by atoms with van der Waals surface area (Å²) < 4.78 is 0. The SMILES string of the molecule is CC(=O)N(CC(C)O)c1c(C)cccc1C. The van der Waals surface area contributed by atoms with E-state index in [1.165, 1.54) is 6.92 Å². The highest BCUT2D eigenvalue weighted by Gasteiger charge is 2.17. The molecule has 0 aliphatic heterocycles. The van der Waals surface area contributed by atoms with E-state index in [-0.39, 0.29) is 5.91 Å². The summed E-state index contributed by atoms with van der Waals surface area (Å²) in [5, 5.41) is 9.42. The number of para-hydroxylation sites is 1. The minimum atomic E-state index is -0.525. The van der Waals surface area contributed by atoms with Crippen LogP contribution in [0.5, 0.6) is 0 Å². The summed E-state index contributed by atoms with van der Waals surface area (Å²) in [5.41, 5.74) is 3.02. The van der Waals surface area contributed by atoms with Crippen LogP contribution in [0.15, 0.2) is 18.2 Å². The number of carbonyl (C=O) groups excluding carboxylic acids is 1. The number of aliphatic hydroxyl groups excluding tert-OH is 1. The van der Waals surface area contributed by atoms with Crippen molar-refractivity contribution < 1.29 is 9.90 Å². The fraction of sp³-hybridized carbons (Fsp3) is 0.462. The Labute approximate surface area is 96.7 Å². The molecule has 0 fully saturated rings. The third-order valence-electron chi connectivity index (χ3n) is 2.54. The maximum absolute atomic E-state index is 11.6. The van der Waals surface area contributed by atoms with Gasteiger partial charge < -0.3 is 10.0 Å². The molecule has 1 rings (SSSR count). The predicted molar refractivity (Wildman–Crippen MR) is 65.6 cm³/mol. The van der Waals surface area contributed by atoms with Crippen molar-refractivity contribution in [1.29, 1.82) is 0 Å². The van der Waals surface area contributed by atoms with Gasteiger partial charge in [0, 0.05) is 12.6 Å². The molecule has 16 heavy (non-hydrogen) atoms. The zero-order valence-corrected chi connectivity index (χ0v) is 10.3. The molecule has 0 heterocycles. The van der Waals surface area contributed by atoms with Crippen LogP contribution in [0.3, 0.4) is 0 Å². The normalized spacial score (nSPS) is 12.3. The third-order valence-corrected chi connectivity index (χ3v) is 2.54. The zero-order valence-electron chi connectivity index (χ0n) is 10.3. The van der Waals surface area contributed by atoms with E-state index in [2.05, 4.69) is 0 Å². The molecule has 3 heteroatoms. The number of amides is 1. The van der Waals surface area contributed by atoms with E-state index in [1.807, 2.05) is 32.0 Å². The highest BCUT2D eigenvalue weighted by molar-refractivity contribution is 5.93. The number of nitrogens with zero attached hydrogens (tertiary/aromatic N) is 1. The number of benzene rings is 1. The number of hydrogen-bond donors (Lipinski definition) is 1. The minimum Gasteiger partial charge on any atom is -0.392 e. The molecule has 1 N–H and O–H groups in total. The predicted octanol–water partition coefficient (Wildman–Crippen LogP) is 2.04. The Kier molecular flexibility index (Phi) is 4.07. The van der Waals surface area contributed by atoms with Gasteiger partial charge in [-0.15, -0.1) is 0 Å². The molecule has 1 unspecified atom stereocenters. The van der Waals surface area contributed by atoms with Gasteiger partial charge in [-0.25, -0.2) is 0 Å². The molecule has 0 spiro atoms. The summed E-state index contributed by atoms with van der Waals surface area (Å²) in [5.74, 6) is -0.0432. The number of hydrogen-bond acceptors (Lipinski definition) is 2. The smallest absolute Gasteiger partial charge is 0.223 e. The zero-order chi connectivity index (χ0) is 12.3. The second-order valence-corrected chi connectivity index (χ2v) is 4.22. The lowest BCUT2D eigenvalue weighted by Gasteiger charge is -2.26. The number of anilines is 1. The van der Waals surface area contributed by atoms with Gasteiger partial charge >= 0.3 is 0 Å². The van der Waals surface area contributed by atoms with Crippen LogP contribution in [-0.2, 0) is 4.79 Å². The Morgan fingerprint density at radius 2 is 1.88 bits per heavy atom.